The Labute approximate surface area is 124 Å². The Morgan fingerprint density at radius 1 is 1.14 bits per heavy atom. The largest absolute Gasteiger partial charge is 0.490 e. The third-order valence-electron chi connectivity index (χ3n) is 3.12. The molecular weight excluding hydrogens is 264 g/mol. The molecule has 0 unspecified atom stereocenters. The molecule has 3 N–H and O–H groups in total. The van der Waals surface area contributed by atoms with Crippen LogP contribution < -0.4 is 15.8 Å². The molecule has 0 saturated heterocycles. The first kappa shape index (κ1) is 14.9. The summed E-state index contributed by atoms with van der Waals surface area (Å²) in [7, 11) is 0. The van der Waals surface area contributed by atoms with Crippen LogP contribution in [0.1, 0.15) is 29.8 Å². The van der Waals surface area contributed by atoms with Crippen LogP contribution in [-0.2, 0) is 0 Å². The van der Waals surface area contributed by atoms with Gasteiger partial charge in [-0.25, -0.2) is 0 Å². The van der Waals surface area contributed by atoms with E-state index in [1.54, 1.807) is 18.2 Å². The van der Waals surface area contributed by atoms with Crippen LogP contribution in [0, 0.1) is 6.92 Å². The molecule has 0 aliphatic carbocycles. The second-order valence-corrected chi connectivity index (χ2v) is 5.14. The number of rotatable bonds is 4. The number of nitrogens with two attached hydrogens (primary N) is 1. The average molecular weight is 284 g/mol. The van der Waals surface area contributed by atoms with Crippen LogP contribution in [0.3, 0.4) is 0 Å². The molecule has 1 amide bonds. The lowest BCUT2D eigenvalue weighted by Gasteiger charge is -2.15. The highest BCUT2D eigenvalue weighted by Gasteiger charge is 2.14. The van der Waals surface area contributed by atoms with E-state index in [0.29, 0.717) is 22.7 Å². The van der Waals surface area contributed by atoms with E-state index >= 15 is 0 Å². The summed E-state index contributed by atoms with van der Waals surface area (Å²) in [5.74, 6) is 0.367. The van der Waals surface area contributed by atoms with Gasteiger partial charge in [-0.2, -0.15) is 0 Å². The van der Waals surface area contributed by atoms with Crippen LogP contribution in [0.25, 0.3) is 0 Å². The number of benzene rings is 2. The van der Waals surface area contributed by atoms with Crippen LogP contribution >= 0.6 is 0 Å². The molecule has 0 aliphatic rings. The second-order valence-electron chi connectivity index (χ2n) is 5.14. The zero-order valence-electron chi connectivity index (χ0n) is 12.5. The number of hydrogen-bond acceptors (Lipinski definition) is 3. The summed E-state index contributed by atoms with van der Waals surface area (Å²) in [6.07, 6.45) is 0.00746. The van der Waals surface area contributed by atoms with Crippen molar-refractivity contribution in [3.8, 4) is 5.75 Å². The molecule has 0 saturated carbocycles. The predicted octanol–water partition coefficient (Wildman–Crippen LogP) is 3.62. The van der Waals surface area contributed by atoms with Crippen molar-refractivity contribution in [1.82, 2.24) is 0 Å². The van der Waals surface area contributed by atoms with Crippen molar-refractivity contribution in [3.05, 3.63) is 53.6 Å². The van der Waals surface area contributed by atoms with Crippen molar-refractivity contribution >= 4 is 17.3 Å². The summed E-state index contributed by atoms with van der Waals surface area (Å²) in [4.78, 5) is 12.4. The van der Waals surface area contributed by atoms with Crippen LogP contribution in [-0.4, -0.2) is 12.0 Å². The first-order chi connectivity index (χ1) is 9.99. The van der Waals surface area contributed by atoms with Gasteiger partial charge in [-0.3, -0.25) is 4.79 Å². The Balaban J connectivity index is 2.27. The molecule has 2 aromatic rings. The van der Waals surface area contributed by atoms with E-state index in [2.05, 4.69) is 5.32 Å². The lowest BCUT2D eigenvalue weighted by Crippen LogP contribution is -2.16. The summed E-state index contributed by atoms with van der Waals surface area (Å²) in [6.45, 7) is 5.73. The smallest absolute Gasteiger partial charge is 0.259 e. The average Bonchev–Trinajstić information content (AvgIpc) is 2.44. The van der Waals surface area contributed by atoms with Crippen molar-refractivity contribution in [1.29, 1.82) is 0 Å². The molecule has 0 fully saturated rings. The van der Waals surface area contributed by atoms with E-state index in [9.17, 15) is 4.79 Å². The number of carbonyl (C=O) groups is 1. The van der Waals surface area contributed by atoms with Gasteiger partial charge in [0.05, 0.1) is 11.7 Å². The van der Waals surface area contributed by atoms with Gasteiger partial charge < -0.3 is 15.8 Å². The summed E-state index contributed by atoms with van der Waals surface area (Å²) in [5.41, 5.74) is 8.58. The van der Waals surface area contributed by atoms with Gasteiger partial charge in [0, 0.05) is 11.4 Å². The first-order valence-electron chi connectivity index (χ1n) is 6.91. The maximum atomic E-state index is 12.4. The van der Waals surface area contributed by atoms with Gasteiger partial charge in [0.2, 0.25) is 0 Å². The molecule has 2 rings (SSSR count). The minimum Gasteiger partial charge on any atom is -0.490 e. The van der Waals surface area contributed by atoms with Gasteiger partial charge in [0.1, 0.15) is 5.75 Å². The van der Waals surface area contributed by atoms with Crippen LogP contribution in [0.2, 0.25) is 0 Å². The zero-order valence-corrected chi connectivity index (χ0v) is 12.5. The summed E-state index contributed by atoms with van der Waals surface area (Å²) in [6, 6.07) is 12.6. The molecule has 0 radical (unpaired) electrons. The molecule has 110 valence electrons. The van der Waals surface area contributed by atoms with E-state index in [0.717, 1.165) is 5.56 Å². The maximum Gasteiger partial charge on any atom is 0.259 e. The summed E-state index contributed by atoms with van der Waals surface area (Å²) < 4.78 is 5.67. The van der Waals surface area contributed by atoms with Crippen molar-refractivity contribution in [3.63, 3.8) is 0 Å². The van der Waals surface area contributed by atoms with Gasteiger partial charge in [-0.1, -0.05) is 18.2 Å². The molecule has 4 heteroatoms. The molecule has 0 aliphatic heterocycles. The van der Waals surface area contributed by atoms with Crippen LogP contribution in [0.4, 0.5) is 11.4 Å². The maximum absolute atomic E-state index is 12.4. The van der Waals surface area contributed by atoms with Crippen molar-refractivity contribution in [2.45, 2.75) is 26.9 Å². The highest BCUT2D eigenvalue weighted by molar-refractivity contribution is 6.06. The van der Waals surface area contributed by atoms with E-state index < -0.39 is 0 Å². The molecule has 0 bridgehead atoms. The lowest BCUT2D eigenvalue weighted by atomic mass is 10.1. The molecular formula is C17H20N2O2. The Morgan fingerprint density at radius 2 is 1.86 bits per heavy atom. The number of carbonyl (C=O) groups excluding carboxylic acids is 1. The lowest BCUT2D eigenvalue weighted by molar-refractivity contribution is 0.102. The zero-order chi connectivity index (χ0) is 15.4. The van der Waals surface area contributed by atoms with Crippen molar-refractivity contribution < 1.29 is 9.53 Å². The second kappa shape index (κ2) is 6.31. The topological polar surface area (TPSA) is 64.3 Å². The number of amides is 1. The van der Waals surface area contributed by atoms with Gasteiger partial charge in [0.15, 0.2) is 0 Å². The van der Waals surface area contributed by atoms with E-state index in [4.69, 9.17) is 10.5 Å². The Bertz CT molecular complexity index is 651. The van der Waals surface area contributed by atoms with Crippen LogP contribution in [0.15, 0.2) is 42.5 Å². The number of ether oxygens (including phenoxy) is 1. The highest BCUT2D eigenvalue weighted by Crippen LogP contribution is 2.24. The monoisotopic (exact) mass is 284 g/mol. The SMILES string of the molecule is Cc1c(N)cccc1NC(=O)c1ccccc1OC(C)C. The first-order valence-corrected chi connectivity index (χ1v) is 6.91. The van der Waals surface area contributed by atoms with E-state index in [-0.39, 0.29) is 12.0 Å². The van der Waals surface area contributed by atoms with Gasteiger partial charge >= 0.3 is 0 Å². The van der Waals surface area contributed by atoms with Gasteiger partial charge in [-0.05, 0) is 50.6 Å². The van der Waals surface area contributed by atoms with Crippen molar-refractivity contribution in [2.24, 2.45) is 0 Å². The number of para-hydroxylation sites is 1. The molecule has 21 heavy (non-hydrogen) atoms. The van der Waals surface area contributed by atoms with E-state index in [1.165, 1.54) is 0 Å². The molecule has 0 heterocycles. The van der Waals surface area contributed by atoms with Crippen molar-refractivity contribution in [2.75, 3.05) is 11.1 Å². The fraction of sp³-hybridized carbons (Fsp3) is 0.235. The normalized spacial score (nSPS) is 10.5. The number of nitrogen functional groups attached to an aromatic ring is 1. The third-order valence-corrected chi connectivity index (χ3v) is 3.12. The molecule has 0 aromatic heterocycles. The van der Waals surface area contributed by atoms with Crippen LogP contribution in [0.5, 0.6) is 5.75 Å². The summed E-state index contributed by atoms with van der Waals surface area (Å²) in [5, 5.41) is 2.88. The minimum absolute atomic E-state index is 0.00746. The fourth-order valence-corrected chi connectivity index (χ4v) is 1.99. The predicted molar refractivity (Wildman–Crippen MR) is 85.8 cm³/mol. The van der Waals surface area contributed by atoms with E-state index in [1.807, 2.05) is 45.0 Å². The quantitative estimate of drug-likeness (QED) is 0.843. The Morgan fingerprint density at radius 3 is 2.57 bits per heavy atom. The molecule has 2 aromatic carbocycles. The van der Waals surface area contributed by atoms with Gasteiger partial charge in [0.25, 0.3) is 5.91 Å². The molecule has 4 nitrogen and oxygen atoms in total. The minimum atomic E-state index is -0.208. The van der Waals surface area contributed by atoms with Gasteiger partial charge in [-0.15, -0.1) is 0 Å². The number of anilines is 2. The Kier molecular flexibility index (Phi) is 4.48. The summed E-state index contributed by atoms with van der Waals surface area (Å²) >= 11 is 0. The standard InChI is InChI=1S/C17H20N2O2/c1-11(2)21-16-10-5-4-7-13(16)17(20)19-15-9-6-8-14(18)12(15)3/h4-11H,18H2,1-3H3,(H,19,20). The Hall–Kier alpha value is -2.49. The number of nitrogens with one attached hydrogen (secondary N) is 1. The molecule has 0 spiro atoms. The molecule has 0 atom stereocenters. The number of hydrogen-bond donors (Lipinski definition) is 2. The fourth-order valence-electron chi connectivity index (χ4n) is 1.99. The third kappa shape index (κ3) is 3.54. The highest BCUT2D eigenvalue weighted by atomic mass is 16.5.